The molecule has 0 aliphatic carbocycles. The first-order valence-electron chi connectivity index (χ1n) is 8.55. The number of aryl methyl sites for hydroxylation is 1. The Bertz CT molecular complexity index is 936. The largest absolute Gasteiger partial charge is 0.337 e. The maximum atomic E-state index is 12.4. The number of likely N-dealkylation sites (tertiary alicyclic amines) is 1. The molecule has 1 unspecified atom stereocenters. The van der Waals surface area contributed by atoms with Gasteiger partial charge in [0.2, 0.25) is 17.6 Å². The van der Waals surface area contributed by atoms with E-state index < -0.39 is 0 Å². The molecule has 4 rings (SSSR count). The Kier molecular flexibility index (Phi) is 4.59. The Hall–Kier alpha value is -2.47. The van der Waals surface area contributed by atoms with Crippen molar-refractivity contribution in [1.29, 1.82) is 0 Å². The number of halogens is 1. The molecular formula is C20H18BrN3O2. The number of hydrogen-bond acceptors (Lipinski definition) is 4. The third kappa shape index (κ3) is 3.29. The molecule has 6 heteroatoms. The third-order valence-corrected chi connectivity index (χ3v) is 5.29. The van der Waals surface area contributed by atoms with E-state index in [2.05, 4.69) is 45.1 Å². The third-order valence-electron chi connectivity index (χ3n) is 4.76. The van der Waals surface area contributed by atoms with Gasteiger partial charge in [-0.05, 0) is 48.7 Å². The van der Waals surface area contributed by atoms with Gasteiger partial charge in [-0.25, -0.2) is 0 Å². The summed E-state index contributed by atoms with van der Waals surface area (Å²) >= 11 is 3.42. The number of nitrogens with zero attached hydrogens (tertiary/aromatic N) is 3. The minimum absolute atomic E-state index is 0.127. The summed E-state index contributed by atoms with van der Waals surface area (Å²) < 4.78 is 6.51. The monoisotopic (exact) mass is 411 g/mol. The van der Waals surface area contributed by atoms with Crippen molar-refractivity contribution in [2.24, 2.45) is 0 Å². The molecule has 0 radical (unpaired) electrons. The fourth-order valence-electron chi connectivity index (χ4n) is 3.25. The lowest BCUT2D eigenvalue weighted by molar-refractivity contribution is -0.130. The van der Waals surface area contributed by atoms with Crippen molar-refractivity contribution in [1.82, 2.24) is 15.0 Å². The predicted molar refractivity (Wildman–Crippen MR) is 101 cm³/mol. The van der Waals surface area contributed by atoms with Gasteiger partial charge in [-0.1, -0.05) is 45.4 Å². The fraction of sp³-hybridized carbons (Fsp3) is 0.250. The van der Waals surface area contributed by atoms with Gasteiger partial charge in [0.1, 0.15) is 6.04 Å². The van der Waals surface area contributed by atoms with Gasteiger partial charge < -0.3 is 9.42 Å². The second-order valence-corrected chi connectivity index (χ2v) is 7.38. The van der Waals surface area contributed by atoms with Gasteiger partial charge in [0.25, 0.3) is 0 Å². The predicted octanol–water partition coefficient (Wildman–Crippen LogP) is 4.67. The Morgan fingerprint density at radius 1 is 1.19 bits per heavy atom. The Morgan fingerprint density at radius 3 is 2.73 bits per heavy atom. The number of rotatable bonds is 4. The highest BCUT2D eigenvalue weighted by molar-refractivity contribution is 9.10. The highest BCUT2D eigenvalue weighted by Gasteiger charge is 2.36. The average molecular weight is 412 g/mol. The second-order valence-electron chi connectivity index (χ2n) is 6.47. The van der Waals surface area contributed by atoms with Gasteiger partial charge in [0, 0.05) is 23.0 Å². The SMILES string of the molecule is Cc1ccccc1CN1C(=O)CCC1c1nc(-c2ccc(Br)cc2)no1. The van der Waals surface area contributed by atoms with Gasteiger partial charge in [0.05, 0.1) is 0 Å². The summed E-state index contributed by atoms with van der Waals surface area (Å²) in [7, 11) is 0. The standard InChI is InChI=1S/C20H18BrN3O2/c1-13-4-2-3-5-15(13)12-24-17(10-11-18(24)25)20-22-19(23-26-20)14-6-8-16(21)9-7-14/h2-9,17H,10-12H2,1H3. The Balaban J connectivity index is 1.59. The van der Waals surface area contributed by atoms with E-state index in [0.29, 0.717) is 31.1 Å². The van der Waals surface area contributed by atoms with Crippen molar-refractivity contribution in [3.8, 4) is 11.4 Å². The molecule has 2 aromatic carbocycles. The van der Waals surface area contributed by atoms with Crippen LogP contribution in [0, 0.1) is 6.92 Å². The second kappa shape index (κ2) is 7.03. The van der Waals surface area contributed by atoms with Crippen molar-refractivity contribution in [3.63, 3.8) is 0 Å². The summed E-state index contributed by atoms with van der Waals surface area (Å²) in [4.78, 5) is 18.8. The van der Waals surface area contributed by atoms with E-state index in [1.807, 2.05) is 41.3 Å². The summed E-state index contributed by atoms with van der Waals surface area (Å²) in [6.07, 6.45) is 1.21. The van der Waals surface area contributed by atoms with Crippen molar-refractivity contribution >= 4 is 21.8 Å². The maximum Gasteiger partial charge on any atom is 0.249 e. The summed E-state index contributed by atoms with van der Waals surface area (Å²) in [6, 6.07) is 15.7. The van der Waals surface area contributed by atoms with Gasteiger partial charge >= 0.3 is 0 Å². The fourth-order valence-corrected chi connectivity index (χ4v) is 3.51. The number of carbonyl (C=O) groups is 1. The smallest absolute Gasteiger partial charge is 0.249 e. The minimum Gasteiger partial charge on any atom is -0.337 e. The molecule has 1 saturated heterocycles. The van der Waals surface area contributed by atoms with Gasteiger partial charge in [-0.15, -0.1) is 0 Å². The molecule has 0 spiro atoms. The normalized spacial score (nSPS) is 17.1. The molecule has 2 heterocycles. The Morgan fingerprint density at radius 2 is 1.96 bits per heavy atom. The first-order chi connectivity index (χ1) is 12.6. The van der Waals surface area contributed by atoms with E-state index in [9.17, 15) is 4.79 Å². The highest BCUT2D eigenvalue weighted by atomic mass is 79.9. The molecular weight excluding hydrogens is 394 g/mol. The number of benzene rings is 2. The van der Waals surface area contributed by atoms with E-state index in [1.165, 1.54) is 5.56 Å². The van der Waals surface area contributed by atoms with Crippen LogP contribution < -0.4 is 0 Å². The van der Waals surface area contributed by atoms with Crippen LogP contribution in [0.5, 0.6) is 0 Å². The zero-order valence-corrected chi connectivity index (χ0v) is 15.9. The molecule has 1 fully saturated rings. The van der Waals surface area contributed by atoms with Crippen molar-refractivity contribution in [2.75, 3.05) is 0 Å². The number of amides is 1. The van der Waals surface area contributed by atoms with E-state index in [-0.39, 0.29) is 11.9 Å². The molecule has 1 amide bonds. The maximum absolute atomic E-state index is 12.4. The number of aromatic nitrogens is 2. The van der Waals surface area contributed by atoms with Crippen LogP contribution >= 0.6 is 15.9 Å². The Labute approximate surface area is 160 Å². The topological polar surface area (TPSA) is 59.2 Å². The van der Waals surface area contributed by atoms with Gasteiger partial charge in [0.15, 0.2) is 0 Å². The lowest BCUT2D eigenvalue weighted by Crippen LogP contribution is -2.27. The van der Waals surface area contributed by atoms with E-state index in [0.717, 1.165) is 15.6 Å². The van der Waals surface area contributed by atoms with Crippen molar-refractivity contribution < 1.29 is 9.32 Å². The quantitative estimate of drug-likeness (QED) is 0.625. The van der Waals surface area contributed by atoms with Crippen LogP contribution in [0.2, 0.25) is 0 Å². The van der Waals surface area contributed by atoms with Crippen LogP contribution in [0.4, 0.5) is 0 Å². The van der Waals surface area contributed by atoms with Crippen LogP contribution in [-0.2, 0) is 11.3 Å². The van der Waals surface area contributed by atoms with E-state index in [1.54, 1.807) is 0 Å². The number of hydrogen-bond donors (Lipinski definition) is 0. The molecule has 132 valence electrons. The summed E-state index contributed by atoms with van der Waals surface area (Å²) in [5.41, 5.74) is 3.20. The van der Waals surface area contributed by atoms with Gasteiger partial charge in [-0.3, -0.25) is 4.79 Å². The molecule has 1 aliphatic rings. The zero-order chi connectivity index (χ0) is 18.1. The van der Waals surface area contributed by atoms with Crippen molar-refractivity contribution in [3.05, 3.63) is 70.0 Å². The van der Waals surface area contributed by atoms with E-state index in [4.69, 9.17) is 4.52 Å². The van der Waals surface area contributed by atoms with Crippen molar-refractivity contribution in [2.45, 2.75) is 32.4 Å². The van der Waals surface area contributed by atoms with E-state index >= 15 is 0 Å². The van der Waals surface area contributed by atoms with Crippen LogP contribution in [0.15, 0.2) is 57.5 Å². The molecule has 1 atom stereocenters. The zero-order valence-electron chi connectivity index (χ0n) is 14.4. The lowest BCUT2D eigenvalue weighted by Gasteiger charge is -2.23. The molecule has 0 N–H and O–H groups in total. The molecule has 26 heavy (non-hydrogen) atoms. The molecule has 0 saturated carbocycles. The summed E-state index contributed by atoms with van der Waals surface area (Å²) in [5, 5.41) is 4.11. The van der Waals surface area contributed by atoms with Crippen LogP contribution in [-0.4, -0.2) is 20.9 Å². The highest BCUT2D eigenvalue weighted by Crippen LogP contribution is 2.34. The lowest BCUT2D eigenvalue weighted by atomic mass is 10.1. The average Bonchev–Trinajstić information content (AvgIpc) is 3.25. The molecule has 1 aliphatic heterocycles. The molecule has 0 bridgehead atoms. The molecule has 5 nitrogen and oxygen atoms in total. The van der Waals surface area contributed by atoms with Crippen LogP contribution in [0.3, 0.4) is 0 Å². The first kappa shape index (κ1) is 17.0. The number of carbonyl (C=O) groups excluding carboxylic acids is 1. The summed E-state index contributed by atoms with van der Waals surface area (Å²) in [6.45, 7) is 2.62. The molecule has 3 aromatic rings. The summed E-state index contributed by atoms with van der Waals surface area (Å²) in [5.74, 6) is 1.17. The van der Waals surface area contributed by atoms with Gasteiger partial charge in [-0.2, -0.15) is 4.98 Å². The van der Waals surface area contributed by atoms with Crippen LogP contribution in [0.25, 0.3) is 11.4 Å². The van der Waals surface area contributed by atoms with Crippen LogP contribution in [0.1, 0.15) is 35.9 Å². The first-order valence-corrected chi connectivity index (χ1v) is 9.34. The molecule has 1 aromatic heterocycles. The minimum atomic E-state index is -0.168.